The van der Waals surface area contributed by atoms with Crippen molar-refractivity contribution in [2.24, 2.45) is 0 Å². The van der Waals surface area contributed by atoms with Gasteiger partial charge in [0, 0.05) is 116 Å². The van der Waals surface area contributed by atoms with E-state index in [4.69, 9.17) is 6.57 Å². The Bertz CT molecular complexity index is 2590. The number of imide groups is 1. The maximum absolute atomic E-state index is 14.1. The number of nitrogens with one attached hydrogen (secondary N) is 2. The Labute approximate surface area is 350 Å². The zero-order chi connectivity index (χ0) is 41.9. The maximum atomic E-state index is 14.1. The molecule has 2 N–H and O–H groups in total. The molecule has 1 atom stereocenters. The first-order chi connectivity index (χ1) is 29.0. The molecular weight excluding hydrogens is 755 g/mol. The second kappa shape index (κ2) is 15.4. The van der Waals surface area contributed by atoms with Crippen LogP contribution < -0.4 is 10.2 Å². The van der Waals surface area contributed by atoms with Crippen molar-refractivity contribution in [1.82, 2.24) is 25.0 Å². The van der Waals surface area contributed by atoms with Crippen molar-refractivity contribution in [2.45, 2.75) is 89.8 Å². The molecule has 3 aromatic carbocycles. The number of aromatic nitrogens is 1. The predicted octanol–water partition coefficient (Wildman–Crippen LogP) is 5.86. The summed E-state index contributed by atoms with van der Waals surface area (Å²) in [6.07, 6.45) is 4.14. The highest BCUT2D eigenvalue weighted by Crippen LogP contribution is 2.46. The first-order valence-corrected chi connectivity index (χ1v) is 21.2. The number of aromatic amines is 1. The standard InChI is InChI=1S/C48H49N7O5/c1-5-29-25-35-37(48(2,3)45-43(44(35)58)34-14-13-31(49-4)26-38(34)50-45)27-40(29)53-19-17-32(18-20-53)52-21-23-54(24-22-52)42(57)12-7-6-9-30-10-8-11-33-36(30)28-55(47(33)60)39-15-16-41(56)51-46(39)59/h8,10-11,13-14,25-27,32,39,50H,5,7,12,15-24,28H2,1-3H3,(H,51,56,59). The maximum Gasteiger partial charge on any atom is 0.255 e. The predicted molar refractivity (Wildman–Crippen MR) is 228 cm³/mol. The molecule has 4 aliphatic heterocycles. The van der Waals surface area contributed by atoms with Gasteiger partial charge in [0.15, 0.2) is 11.5 Å². The zero-order valence-electron chi connectivity index (χ0n) is 34.5. The number of carbonyl (C=O) groups is 5. The van der Waals surface area contributed by atoms with Gasteiger partial charge in [-0.05, 0) is 72.7 Å². The summed E-state index contributed by atoms with van der Waals surface area (Å²) in [5.41, 5.74) is 8.82. The van der Waals surface area contributed by atoms with Gasteiger partial charge in [-0.3, -0.25) is 34.2 Å². The van der Waals surface area contributed by atoms with Crippen LogP contribution in [0.5, 0.6) is 0 Å². The highest BCUT2D eigenvalue weighted by Gasteiger charge is 2.42. The lowest BCUT2D eigenvalue weighted by molar-refractivity contribution is -0.137. The SMILES string of the molecule is [C-]#[N+]c1ccc2c3c([nH]c2c1)C(C)(C)c1cc(N2CCC(N4CCN(C(=O)CCC#Cc5cccc6c5CN(C5CCC(=O)NC5=O)C6=O)CC4)CC2)c(CC)cc1C3=O. The van der Waals surface area contributed by atoms with Crippen LogP contribution in [0.3, 0.4) is 0 Å². The molecule has 4 amide bonds. The van der Waals surface area contributed by atoms with Crippen molar-refractivity contribution in [2.75, 3.05) is 44.2 Å². The van der Waals surface area contributed by atoms with E-state index in [1.807, 2.05) is 23.1 Å². The topological polar surface area (TPSA) is 130 Å². The van der Waals surface area contributed by atoms with Gasteiger partial charge in [0.05, 0.1) is 12.1 Å². The smallest absolute Gasteiger partial charge is 0.255 e. The van der Waals surface area contributed by atoms with Crippen LogP contribution >= 0.6 is 0 Å². The number of piperidine rings is 2. The molecule has 0 radical (unpaired) electrons. The number of amides is 4. The fourth-order valence-electron chi connectivity index (χ4n) is 10.1. The molecule has 3 saturated heterocycles. The molecule has 306 valence electrons. The molecule has 5 heterocycles. The normalized spacial score (nSPS) is 20.3. The number of ketones is 1. The zero-order valence-corrected chi connectivity index (χ0v) is 34.5. The van der Waals surface area contributed by atoms with Gasteiger partial charge in [-0.15, -0.1) is 0 Å². The van der Waals surface area contributed by atoms with Crippen LogP contribution in [-0.4, -0.2) is 100 Å². The third-order valence-corrected chi connectivity index (χ3v) is 13.5. The lowest BCUT2D eigenvalue weighted by Gasteiger charge is -2.44. The Morgan fingerprint density at radius 3 is 2.47 bits per heavy atom. The number of hydrogen-bond acceptors (Lipinski definition) is 7. The molecule has 5 aliphatic rings. The summed E-state index contributed by atoms with van der Waals surface area (Å²) in [6.45, 7) is 19.2. The van der Waals surface area contributed by atoms with E-state index < -0.39 is 17.4 Å². The number of benzene rings is 3. The molecule has 3 fully saturated rings. The molecule has 0 spiro atoms. The fraction of sp³-hybridized carbons (Fsp3) is 0.417. The second-order valence-electron chi connectivity index (χ2n) is 17.2. The Morgan fingerprint density at radius 1 is 0.950 bits per heavy atom. The number of fused-ring (bicyclic) bond motifs is 5. The monoisotopic (exact) mass is 803 g/mol. The van der Waals surface area contributed by atoms with Gasteiger partial charge in [0.2, 0.25) is 17.7 Å². The highest BCUT2D eigenvalue weighted by atomic mass is 16.2. The van der Waals surface area contributed by atoms with Crippen molar-refractivity contribution in [1.29, 1.82) is 0 Å². The number of H-pyrrole nitrogens is 1. The van der Waals surface area contributed by atoms with Crippen LogP contribution in [0, 0.1) is 18.4 Å². The number of aryl methyl sites for hydroxylation is 1. The molecular formula is C48H49N7O5. The lowest BCUT2D eigenvalue weighted by Crippen LogP contribution is -2.54. The number of carbonyl (C=O) groups excluding carboxylic acids is 5. The van der Waals surface area contributed by atoms with Crippen molar-refractivity contribution < 1.29 is 24.0 Å². The van der Waals surface area contributed by atoms with E-state index in [1.165, 1.54) is 16.2 Å². The minimum Gasteiger partial charge on any atom is -0.371 e. The molecule has 60 heavy (non-hydrogen) atoms. The molecule has 12 nitrogen and oxygen atoms in total. The molecule has 0 bridgehead atoms. The first-order valence-electron chi connectivity index (χ1n) is 21.2. The summed E-state index contributed by atoms with van der Waals surface area (Å²) < 4.78 is 0. The molecule has 1 aromatic heterocycles. The largest absolute Gasteiger partial charge is 0.371 e. The van der Waals surface area contributed by atoms with Gasteiger partial charge in [0.25, 0.3) is 5.91 Å². The summed E-state index contributed by atoms with van der Waals surface area (Å²) >= 11 is 0. The van der Waals surface area contributed by atoms with Gasteiger partial charge < -0.3 is 19.7 Å². The second-order valence-corrected chi connectivity index (χ2v) is 17.2. The molecule has 1 aliphatic carbocycles. The number of hydrogen-bond donors (Lipinski definition) is 2. The van der Waals surface area contributed by atoms with Gasteiger partial charge in [-0.25, -0.2) is 4.85 Å². The van der Waals surface area contributed by atoms with E-state index in [-0.39, 0.29) is 36.5 Å². The Balaban J connectivity index is 0.787. The molecule has 4 aromatic rings. The average Bonchev–Trinajstić information content (AvgIpc) is 3.82. The van der Waals surface area contributed by atoms with E-state index in [0.29, 0.717) is 49.6 Å². The molecule has 9 rings (SSSR count). The minimum atomic E-state index is -0.676. The third kappa shape index (κ3) is 6.73. The van der Waals surface area contributed by atoms with Gasteiger partial charge in [0.1, 0.15) is 6.04 Å². The van der Waals surface area contributed by atoms with Crippen LogP contribution in [0.2, 0.25) is 0 Å². The molecule has 0 saturated carbocycles. The summed E-state index contributed by atoms with van der Waals surface area (Å²) in [5, 5.41) is 3.21. The van der Waals surface area contributed by atoms with Crippen LogP contribution in [0.25, 0.3) is 15.7 Å². The van der Waals surface area contributed by atoms with Crippen LogP contribution in [0.15, 0.2) is 48.5 Å². The summed E-state index contributed by atoms with van der Waals surface area (Å²) in [5.74, 6) is 5.50. The number of anilines is 1. The van der Waals surface area contributed by atoms with Gasteiger partial charge in [-0.2, -0.15) is 0 Å². The van der Waals surface area contributed by atoms with E-state index >= 15 is 0 Å². The van der Waals surface area contributed by atoms with Crippen molar-refractivity contribution >= 4 is 51.7 Å². The third-order valence-electron chi connectivity index (χ3n) is 13.5. The summed E-state index contributed by atoms with van der Waals surface area (Å²) in [7, 11) is 0. The van der Waals surface area contributed by atoms with Gasteiger partial charge >= 0.3 is 0 Å². The minimum absolute atomic E-state index is 0.0436. The summed E-state index contributed by atoms with van der Waals surface area (Å²) in [4.78, 5) is 80.3. The number of nitrogens with zero attached hydrogens (tertiary/aromatic N) is 5. The van der Waals surface area contributed by atoms with Crippen LogP contribution in [-0.2, 0) is 32.8 Å². The quantitative estimate of drug-likeness (QED) is 0.142. The van der Waals surface area contributed by atoms with Crippen LogP contribution in [0.4, 0.5) is 11.4 Å². The Hall–Kier alpha value is -6.24. The Kier molecular flexibility index (Phi) is 10.1. The van der Waals surface area contributed by atoms with E-state index in [2.05, 4.69) is 69.7 Å². The number of rotatable bonds is 6. The highest BCUT2D eigenvalue weighted by molar-refractivity contribution is 6.20. The summed E-state index contributed by atoms with van der Waals surface area (Å²) in [6, 6.07) is 15.1. The Morgan fingerprint density at radius 2 is 1.73 bits per heavy atom. The van der Waals surface area contributed by atoms with Crippen molar-refractivity contribution in [3.8, 4) is 11.8 Å². The fourth-order valence-corrected chi connectivity index (χ4v) is 10.1. The van der Waals surface area contributed by atoms with Crippen molar-refractivity contribution in [3.63, 3.8) is 0 Å². The molecule has 12 heteroatoms. The van der Waals surface area contributed by atoms with Gasteiger partial charge in [-0.1, -0.05) is 50.8 Å². The number of piperazine rings is 1. The van der Waals surface area contributed by atoms with E-state index in [0.717, 1.165) is 89.9 Å². The van der Waals surface area contributed by atoms with Crippen LogP contribution in [0.1, 0.15) is 114 Å². The van der Waals surface area contributed by atoms with Crippen molar-refractivity contribution in [3.05, 3.63) is 105 Å². The average molecular weight is 804 g/mol. The molecule has 1 unspecified atom stereocenters. The van der Waals surface area contributed by atoms with E-state index in [1.54, 1.807) is 18.2 Å². The first kappa shape index (κ1) is 39.2. The van der Waals surface area contributed by atoms with E-state index in [9.17, 15) is 24.0 Å². The lowest BCUT2D eigenvalue weighted by atomic mass is 9.70.